The van der Waals surface area contributed by atoms with E-state index in [1.165, 1.54) is 0 Å². The van der Waals surface area contributed by atoms with E-state index in [4.69, 9.17) is 19.8 Å². The summed E-state index contributed by atoms with van der Waals surface area (Å²) in [6, 6.07) is 0. The number of carbonyl (C=O) groups is 2. The first-order chi connectivity index (χ1) is 2.64. The zero-order valence-corrected chi connectivity index (χ0v) is 4.42. The normalized spacial score (nSPS) is 6.29. The van der Waals surface area contributed by atoms with Crippen LogP contribution in [0.15, 0.2) is 0 Å². The average molecular weight is 196 g/mol. The molecular formula is C2AgO4-2. The van der Waals surface area contributed by atoms with E-state index in [2.05, 4.69) is 0 Å². The van der Waals surface area contributed by atoms with Crippen LogP contribution in [0.5, 0.6) is 0 Å². The minimum atomic E-state index is -2.19. The molecule has 7 heavy (non-hydrogen) atoms. The third-order valence-electron chi connectivity index (χ3n) is 0.167. The third kappa shape index (κ3) is 5.68. The molecule has 45 valence electrons. The van der Waals surface area contributed by atoms with E-state index in [9.17, 15) is 0 Å². The van der Waals surface area contributed by atoms with Crippen LogP contribution in [0.1, 0.15) is 0 Å². The standard InChI is InChI=1S/C2H2O4.Ag/c3-1(4)2(5)6;/h(H,3,4)(H,5,6);/p-2. The van der Waals surface area contributed by atoms with Gasteiger partial charge in [0.1, 0.15) is 0 Å². The Labute approximate surface area is 54.6 Å². The Hall–Kier alpha value is -0.320. The fourth-order valence-corrected chi connectivity index (χ4v) is 0. The predicted molar refractivity (Wildman–Crippen MR) is 10.0 cm³/mol. The van der Waals surface area contributed by atoms with Gasteiger partial charge in [-0.3, -0.25) is 0 Å². The van der Waals surface area contributed by atoms with Crippen molar-refractivity contribution in [2.45, 2.75) is 0 Å². The maximum atomic E-state index is 8.93. The molecule has 0 heterocycles. The summed E-state index contributed by atoms with van der Waals surface area (Å²) in [6.07, 6.45) is 0. The molecule has 0 rings (SSSR count). The van der Waals surface area contributed by atoms with E-state index in [0.717, 1.165) is 0 Å². The molecule has 0 saturated heterocycles. The summed E-state index contributed by atoms with van der Waals surface area (Å²) >= 11 is 0. The number of carboxylic acids is 2. The second-order valence-corrected chi connectivity index (χ2v) is 0.575. The monoisotopic (exact) mass is 195 g/mol. The van der Waals surface area contributed by atoms with Crippen LogP contribution in [-0.4, -0.2) is 11.9 Å². The van der Waals surface area contributed by atoms with E-state index in [1.807, 2.05) is 0 Å². The van der Waals surface area contributed by atoms with Gasteiger partial charge < -0.3 is 19.8 Å². The minimum Gasteiger partial charge on any atom is -0.543 e. The van der Waals surface area contributed by atoms with Crippen LogP contribution in [0.25, 0.3) is 0 Å². The van der Waals surface area contributed by atoms with Crippen LogP contribution in [0.2, 0.25) is 0 Å². The molecule has 0 spiro atoms. The van der Waals surface area contributed by atoms with Gasteiger partial charge in [0.2, 0.25) is 0 Å². The SMILES string of the molecule is O=C([O-])C(=O)[O-].[Ag]. The molecule has 0 aliphatic rings. The molecule has 0 saturated carbocycles. The molecule has 0 aliphatic carbocycles. The molecule has 0 bridgehead atoms. The minimum absolute atomic E-state index is 0. The average Bonchev–Trinajstić information content (AvgIpc) is 1.36. The van der Waals surface area contributed by atoms with Crippen LogP contribution in [-0.2, 0) is 32.0 Å². The van der Waals surface area contributed by atoms with Crippen molar-refractivity contribution in [1.82, 2.24) is 0 Å². The number of hydrogen-bond acceptors (Lipinski definition) is 4. The van der Waals surface area contributed by atoms with Gasteiger partial charge in [0, 0.05) is 22.4 Å². The van der Waals surface area contributed by atoms with Crippen molar-refractivity contribution in [2.24, 2.45) is 0 Å². The van der Waals surface area contributed by atoms with Gasteiger partial charge in [-0.05, 0) is 0 Å². The van der Waals surface area contributed by atoms with Gasteiger partial charge in [0.15, 0.2) is 0 Å². The molecule has 0 aromatic rings. The van der Waals surface area contributed by atoms with Crippen LogP contribution in [0, 0.1) is 0 Å². The van der Waals surface area contributed by atoms with Gasteiger partial charge in [-0.2, -0.15) is 0 Å². The summed E-state index contributed by atoms with van der Waals surface area (Å²) in [7, 11) is 0. The molecule has 0 atom stereocenters. The van der Waals surface area contributed by atoms with Crippen LogP contribution in [0.3, 0.4) is 0 Å². The van der Waals surface area contributed by atoms with Crippen LogP contribution >= 0.6 is 0 Å². The maximum absolute atomic E-state index is 8.93. The summed E-state index contributed by atoms with van der Waals surface area (Å²) < 4.78 is 0. The van der Waals surface area contributed by atoms with E-state index < -0.39 is 11.9 Å². The molecule has 4 nitrogen and oxygen atoms in total. The van der Waals surface area contributed by atoms with Crippen molar-refractivity contribution in [3.63, 3.8) is 0 Å². The summed E-state index contributed by atoms with van der Waals surface area (Å²) in [5.41, 5.74) is 0. The molecule has 0 N–H and O–H groups in total. The zero-order chi connectivity index (χ0) is 5.15. The number of carboxylic acid groups (broad SMARTS) is 2. The number of rotatable bonds is 0. The van der Waals surface area contributed by atoms with Gasteiger partial charge in [-0.25, -0.2) is 0 Å². The number of hydrogen-bond donors (Lipinski definition) is 0. The molecule has 0 aromatic heterocycles. The second kappa shape index (κ2) is 3.86. The quantitative estimate of drug-likeness (QED) is 0.297. The summed E-state index contributed by atoms with van der Waals surface area (Å²) in [6.45, 7) is 0. The molecular weight excluding hydrogens is 196 g/mol. The fraction of sp³-hybridized carbons (Fsp3) is 0. The van der Waals surface area contributed by atoms with Gasteiger partial charge in [-0.15, -0.1) is 0 Å². The number of aliphatic carboxylic acids is 2. The van der Waals surface area contributed by atoms with Crippen molar-refractivity contribution in [2.75, 3.05) is 0 Å². The molecule has 0 fully saturated rings. The summed E-state index contributed by atoms with van der Waals surface area (Å²) in [5, 5.41) is 17.9. The Balaban J connectivity index is 0. The van der Waals surface area contributed by atoms with Gasteiger partial charge >= 0.3 is 0 Å². The van der Waals surface area contributed by atoms with E-state index in [0.29, 0.717) is 0 Å². The van der Waals surface area contributed by atoms with E-state index in [1.54, 1.807) is 0 Å². The van der Waals surface area contributed by atoms with Crippen molar-refractivity contribution in [1.29, 1.82) is 0 Å². The summed E-state index contributed by atoms with van der Waals surface area (Å²) in [4.78, 5) is 17.9. The Morgan fingerprint density at radius 2 is 1.14 bits per heavy atom. The Kier molecular flexibility index (Phi) is 5.42. The second-order valence-electron chi connectivity index (χ2n) is 0.575. The van der Waals surface area contributed by atoms with Crippen molar-refractivity contribution in [3.05, 3.63) is 0 Å². The van der Waals surface area contributed by atoms with Gasteiger partial charge in [-0.1, -0.05) is 0 Å². The molecule has 0 unspecified atom stereocenters. The van der Waals surface area contributed by atoms with Crippen molar-refractivity contribution >= 4 is 11.9 Å². The molecule has 0 amide bonds. The first-order valence-electron chi connectivity index (χ1n) is 1.07. The van der Waals surface area contributed by atoms with Crippen molar-refractivity contribution in [3.8, 4) is 0 Å². The van der Waals surface area contributed by atoms with Crippen molar-refractivity contribution < 1.29 is 42.2 Å². The maximum Gasteiger partial charge on any atom is 0.0870 e. The summed E-state index contributed by atoms with van der Waals surface area (Å²) in [5.74, 6) is -4.37. The smallest absolute Gasteiger partial charge is 0.0870 e. The fourth-order valence-electron chi connectivity index (χ4n) is 0. The molecule has 0 aliphatic heterocycles. The molecule has 5 heteroatoms. The van der Waals surface area contributed by atoms with Crippen LogP contribution in [0.4, 0.5) is 0 Å². The predicted octanol–water partition coefficient (Wildman–Crippen LogP) is -3.52. The van der Waals surface area contributed by atoms with E-state index in [-0.39, 0.29) is 22.4 Å². The Bertz CT molecular complexity index is 75.7. The topological polar surface area (TPSA) is 80.3 Å². The zero-order valence-electron chi connectivity index (χ0n) is 2.93. The largest absolute Gasteiger partial charge is 0.543 e. The first kappa shape index (κ1) is 9.84. The van der Waals surface area contributed by atoms with Crippen LogP contribution < -0.4 is 10.2 Å². The van der Waals surface area contributed by atoms with Gasteiger partial charge in [0.25, 0.3) is 0 Å². The molecule has 0 aromatic carbocycles. The van der Waals surface area contributed by atoms with E-state index >= 15 is 0 Å². The third-order valence-corrected chi connectivity index (χ3v) is 0.167. The first-order valence-corrected chi connectivity index (χ1v) is 1.07. The Morgan fingerprint density at radius 3 is 1.14 bits per heavy atom. The Morgan fingerprint density at radius 1 is 1.00 bits per heavy atom. The molecule has 1 radical (unpaired) electrons. The van der Waals surface area contributed by atoms with Gasteiger partial charge in [0.05, 0.1) is 11.9 Å². The number of carbonyl (C=O) groups excluding carboxylic acids is 2.